The van der Waals surface area contributed by atoms with E-state index in [1.165, 1.54) is 13.3 Å². The fourth-order valence-electron chi connectivity index (χ4n) is 1.90. The van der Waals surface area contributed by atoms with Gasteiger partial charge in [-0.2, -0.15) is 0 Å². The van der Waals surface area contributed by atoms with Crippen LogP contribution in [0.4, 0.5) is 0 Å². The zero-order valence-corrected chi connectivity index (χ0v) is 9.32. The van der Waals surface area contributed by atoms with Crippen molar-refractivity contribution < 1.29 is 9.53 Å². The quantitative estimate of drug-likeness (QED) is 0.512. The molecule has 0 N–H and O–H groups in total. The van der Waals surface area contributed by atoms with Crippen LogP contribution >= 0.6 is 0 Å². The van der Waals surface area contributed by atoms with Crippen LogP contribution in [-0.4, -0.2) is 12.1 Å². The van der Waals surface area contributed by atoms with E-state index in [1.54, 1.807) is 0 Å². The van der Waals surface area contributed by atoms with Gasteiger partial charge in [0.1, 0.15) is 6.10 Å². The van der Waals surface area contributed by atoms with Crippen molar-refractivity contribution in [2.75, 3.05) is 0 Å². The molecule has 0 saturated carbocycles. The molecule has 0 heterocycles. The Morgan fingerprint density at radius 1 is 1.50 bits per heavy atom. The molecule has 0 amide bonds. The van der Waals surface area contributed by atoms with Gasteiger partial charge in [0.25, 0.3) is 0 Å². The molecule has 2 heteroatoms. The van der Waals surface area contributed by atoms with Crippen molar-refractivity contribution in [1.82, 2.24) is 0 Å². The van der Waals surface area contributed by atoms with Crippen LogP contribution in [0.3, 0.4) is 0 Å². The highest BCUT2D eigenvalue weighted by atomic mass is 16.5. The van der Waals surface area contributed by atoms with Crippen molar-refractivity contribution in [2.24, 2.45) is 11.8 Å². The van der Waals surface area contributed by atoms with Gasteiger partial charge in [-0.3, -0.25) is 4.79 Å². The SMILES string of the molecule is CCC(C)C1C=CC(OC(C)=O)CC1. The Balaban J connectivity index is 2.42. The maximum atomic E-state index is 10.7. The molecule has 0 aromatic heterocycles. The first-order valence-electron chi connectivity index (χ1n) is 5.49. The number of carbonyl (C=O) groups excluding carboxylic acids is 1. The number of carbonyl (C=O) groups is 1. The summed E-state index contributed by atoms with van der Waals surface area (Å²) in [6.07, 6.45) is 7.61. The molecule has 0 aromatic rings. The van der Waals surface area contributed by atoms with Crippen molar-refractivity contribution in [3.8, 4) is 0 Å². The first kappa shape index (κ1) is 11.3. The van der Waals surface area contributed by atoms with Crippen molar-refractivity contribution in [3.63, 3.8) is 0 Å². The van der Waals surface area contributed by atoms with Crippen LogP contribution in [-0.2, 0) is 9.53 Å². The molecule has 1 rings (SSSR count). The van der Waals surface area contributed by atoms with Crippen molar-refractivity contribution in [2.45, 2.75) is 46.1 Å². The van der Waals surface area contributed by atoms with Gasteiger partial charge < -0.3 is 4.74 Å². The Morgan fingerprint density at radius 3 is 2.64 bits per heavy atom. The number of hydrogen-bond donors (Lipinski definition) is 0. The summed E-state index contributed by atoms with van der Waals surface area (Å²) in [5.41, 5.74) is 0. The summed E-state index contributed by atoms with van der Waals surface area (Å²) in [5, 5.41) is 0. The smallest absolute Gasteiger partial charge is 0.303 e. The molecule has 0 bridgehead atoms. The van der Waals surface area contributed by atoms with Crippen molar-refractivity contribution >= 4 is 5.97 Å². The lowest BCUT2D eigenvalue weighted by molar-refractivity contribution is -0.144. The van der Waals surface area contributed by atoms with E-state index >= 15 is 0 Å². The summed E-state index contributed by atoms with van der Waals surface area (Å²) in [7, 11) is 0. The van der Waals surface area contributed by atoms with Crippen LogP contribution in [0.2, 0.25) is 0 Å². The van der Waals surface area contributed by atoms with Crippen LogP contribution in [0.15, 0.2) is 12.2 Å². The van der Waals surface area contributed by atoms with Gasteiger partial charge in [-0.25, -0.2) is 0 Å². The fourth-order valence-corrected chi connectivity index (χ4v) is 1.90. The summed E-state index contributed by atoms with van der Waals surface area (Å²) < 4.78 is 5.13. The van der Waals surface area contributed by atoms with E-state index in [-0.39, 0.29) is 12.1 Å². The number of ether oxygens (including phenoxy) is 1. The number of rotatable bonds is 3. The minimum Gasteiger partial charge on any atom is -0.458 e. The maximum absolute atomic E-state index is 10.7. The standard InChI is InChI=1S/C12H20O2/c1-4-9(2)11-5-7-12(8-6-11)14-10(3)13/h5,7,9,11-12H,4,6,8H2,1-3H3. The van der Waals surface area contributed by atoms with Crippen molar-refractivity contribution in [1.29, 1.82) is 0 Å². The number of allylic oxidation sites excluding steroid dienone is 1. The Hall–Kier alpha value is -0.790. The first-order chi connectivity index (χ1) is 6.63. The predicted molar refractivity (Wildman–Crippen MR) is 56.9 cm³/mol. The van der Waals surface area contributed by atoms with E-state index in [0.717, 1.165) is 18.8 Å². The molecule has 0 fully saturated rings. The molecule has 14 heavy (non-hydrogen) atoms. The zero-order chi connectivity index (χ0) is 10.6. The average Bonchev–Trinajstić information content (AvgIpc) is 2.17. The summed E-state index contributed by atoms with van der Waals surface area (Å²) in [6.45, 7) is 5.96. The molecule has 1 aliphatic carbocycles. The van der Waals surface area contributed by atoms with Gasteiger partial charge in [-0.05, 0) is 30.8 Å². The Kier molecular flexibility index (Phi) is 4.18. The van der Waals surface area contributed by atoms with Gasteiger partial charge >= 0.3 is 5.97 Å². The number of hydrogen-bond acceptors (Lipinski definition) is 2. The van der Waals surface area contributed by atoms with Crippen LogP contribution in [0, 0.1) is 11.8 Å². The Bertz CT molecular complexity index is 220. The molecule has 0 spiro atoms. The summed E-state index contributed by atoms with van der Waals surface area (Å²) in [4.78, 5) is 10.7. The number of esters is 1. The van der Waals surface area contributed by atoms with Crippen LogP contribution in [0.1, 0.15) is 40.0 Å². The maximum Gasteiger partial charge on any atom is 0.303 e. The molecular weight excluding hydrogens is 176 g/mol. The highest BCUT2D eigenvalue weighted by molar-refractivity contribution is 5.66. The highest BCUT2D eigenvalue weighted by Gasteiger charge is 2.20. The molecule has 0 aromatic carbocycles. The molecule has 2 nitrogen and oxygen atoms in total. The lowest BCUT2D eigenvalue weighted by Crippen LogP contribution is -2.21. The largest absolute Gasteiger partial charge is 0.458 e. The summed E-state index contributed by atoms with van der Waals surface area (Å²) in [5.74, 6) is 1.23. The molecule has 1 aliphatic rings. The van der Waals surface area contributed by atoms with E-state index < -0.39 is 0 Å². The van der Waals surface area contributed by atoms with Crippen LogP contribution < -0.4 is 0 Å². The Labute approximate surface area is 86.3 Å². The highest BCUT2D eigenvalue weighted by Crippen LogP contribution is 2.27. The van der Waals surface area contributed by atoms with Crippen molar-refractivity contribution in [3.05, 3.63) is 12.2 Å². The van der Waals surface area contributed by atoms with Crippen LogP contribution in [0.25, 0.3) is 0 Å². The first-order valence-corrected chi connectivity index (χ1v) is 5.49. The van der Waals surface area contributed by atoms with Crippen LogP contribution in [0.5, 0.6) is 0 Å². The molecule has 3 unspecified atom stereocenters. The van der Waals surface area contributed by atoms with E-state index in [1.807, 2.05) is 6.08 Å². The van der Waals surface area contributed by atoms with Gasteiger partial charge in [0.15, 0.2) is 0 Å². The second-order valence-electron chi connectivity index (χ2n) is 4.16. The minimum atomic E-state index is -0.179. The fraction of sp³-hybridized carbons (Fsp3) is 0.750. The third-order valence-corrected chi connectivity index (χ3v) is 3.05. The molecule has 0 radical (unpaired) electrons. The predicted octanol–water partition coefficient (Wildman–Crippen LogP) is 2.93. The van der Waals surface area contributed by atoms with E-state index in [4.69, 9.17) is 4.74 Å². The van der Waals surface area contributed by atoms with E-state index in [9.17, 15) is 4.79 Å². The zero-order valence-electron chi connectivity index (χ0n) is 9.32. The second-order valence-corrected chi connectivity index (χ2v) is 4.16. The summed E-state index contributed by atoms with van der Waals surface area (Å²) >= 11 is 0. The van der Waals surface area contributed by atoms with Gasteiger partial charge in [0, 0.05) is 6.92 Å². The second kappa shape index (κ2) is 5.18. The van der Waals surface area contributed by atoms with Gasteiger partial charge in [0.2, 0.25) is 0 Å². The van der Waals surface area contributed by atoms with Gasteiger partial charge in [-0.15, -0.1) is 0 Å². The third kappa shape index (κ3) is 3.17. The summed E-state index contributed by atoms with van der Waals surface area (Å²) in [6, 6.07) is 0. The normalized spacial score (nSPS) is 28.5. The lowest BCUT2D eigenvalue weighted by Gasteiger charge is -2.26. The molecule has 3 atom stereocenters. The van der Waals surface area contributed by atoms with E-state index in [0.29, 0.717) is 5.92 Å². The lowest BCUT2D eigenvalue weighted by atomic mass is 9.83. The van der Waals surface area contributed by atoms with Gasteiger partial charge in [0.05, 0.1) is 0 Å². The molecule has 0 aliphatic heterocycles. The molecular formula is C12H20O2. The average molecular weight is 196 g/mol. The minimum absolute atomic E-state index is 0.0211. The van der Waals surface area contributed by atoms with E-state index in [2.05, 4.69) is 19.9 Å². The Morgan fingerprint density at radius 2 is 2.21 bits per heavy atom. The molecule has 0 saturated heterocycles. The third-order valence-electron chi connectivity index (χ3n) is 3.05. The molecule has 80 valence electrons. The topological polar surface area (TPSA) is 26.3 Å². The van der Waals surface area contributed by atoms with Gasteiger partial charge in [-0.1, -0.05) is 26.3 Å². The monoisotopic (exact) mass is 196 g/mol.